The highest BCUT2D eigenvalue weighted by Crippen LogP contribution is 2.17. The average Bonchev–Trinajstić information content (AvgIpc) is 2.87. The van der Waals surface area contributed by atoms with Gasteiger partial charge in [-0.2, -0.15) is 10.4 Å². The Morgan fingerprint density at radius 3 is 2.67 bits per heavy atom. The van der Waals surface area contributed by atoms with Gasteiger partial charge in [0.2, 0.25) is 0 Å². The van der Waals surface area contributed by atoms with Gasteiger partial charge in [0.25, 0.3) is 0 Å². The molecule has 21 heavy (non-hydrogen) atoms. The summed E-state index contributed by atoms with van der Waals surface area (Å²) in [5, 5.41) is 15.9. The van der Waals surface area contributed by atoms with E-state index in [1.54, 1.807) is 16.9 Å². The van der Waals surface area contributed by atoms with Crippen LogP contribution in [0.5, 0.6) is 0 Å². The van der Waals surface area contributed by atoms with Crippen LogP contribution in [0, 0.1) is 35.2 Å². The summed E-state index contributed by atoms with van der Waals surface area (Å²) in [6.45, 7) is 5.85. The van der Waals surface area contributed by atoms with Crippen molar-refractivity contribution >= 4 is 30.1 Å². The summed E-state index contributed by atoms with van der Waals surface area (Å²) in [5.74, 6) is 2.50. The van der Waals surface area contributed by atoms with Crippen molar-refractivity contribution in [3.05, 3.63) is 47.0 Å². The Morgan fingerprint density at radius 1 is 1.33 bits per heavy atom. The van der Waals surface area contributed by atoms with Crippen molar-refractivity contribution in [2.75, 3.05) is 0 Å². The van der Waals surface area contributed by atoms with Crippen LogP contribution >= 0.6 is 30.1 Å². The maximum atomic E-state index is 13.4. The fourth-order valence-corrected chi connectivity index (χ4v) is 2.11. The van der Waals surface area contributed by atoms with Crippen molar-refractivity contribution in [2.45, 2.75) is 20.8 Å². The van der Waals surface area contributed by atoms with Crippen molar-refractivity contribution in [3.8, 4) is 22.9 Å². The summed E-state index contributed by atoms with van der Waals surface area (Å²) in [6, 6.07) is 6.04. The Balaban J connectivity index is 0.00000106. The van der Waals surface area contributed by atoms with Gasteiger partial charge in [-0.3, -0.25) is 0 Å². The summed E-state index contributed by atoms with van der Waals surface area (Å²) < 4.78 is 15.0. The van der Waals surface area contributed by atoms with E-state index in [0.717, 1.165) is 11.3 Å². The molecular formula is C15H13FIN3S. The van der Waals surface area contributed by atoms with Gasteiger partial charge in [-0.05, 0) is 39.3 Å². The molecule has 0 saturated carbocycles. The first-order valence-electron chi connectivity index (χ1n) is 6.20. The largest absolute Gasteiger partial charge is 0.237 e. The van der Waals surface area contributed by atoms with Crippen LogP contribution < -0.4 is 0 Å². The first kappa shape index (κ1) is 17.5. The van der Waals surface area contributed by atoms with E-state index < -0.39 is 5.82 Å². The number of halogens is 2. The molecule has 0 N–H and O–H groups in total. The topological polar surface area (TPSA) is 41.6 Å². The van der Waals surface area contributed by atoms with Gasteiger partial charge in [-0.1, -0.05) is 19.8 Å². The second kappa shape index (κ2) is 8.71. The van der Waals surface area contributed by atoms with Crippen LogP contribution in [0.4, 0.5) is 4.39 Å². The first-order chi connectivity index (χ1) is 10.2. The predicted molar refractivity (Wildman–Crippen MR) is 92.8 cm³/mol. The molecule has 0 radical (unpaired) electrons. The minimum Gasteiger partial charge on any atom is -0.237 e. The fraction of sp³-hybridized carbons (Fsp3) is 0.200. The standard InChI is InChI=1S/C13H7FIN3S.C2H6/c1-9-11(2-3-19-15)8-17-18(9)13-5-10(7-16)4-12(14)6-13;1-2/h4-6,8H,1H3;1-2H3. The highest BCUT2D eigenvalue weighted by atomic mass is 127. The van der Waals surface area contributed by atoms with Gasteiger partial charge in [-0.25, -0.2) is 9.07 Å². The van der Waals surface area contributed by atoms with Crippen LogP contribution in [0.3, 0.4) is 0 Å². The van der Waals surface area contributed by atoms with E-state index in [0.29, 0.717) is 5.69 Å². The minimum atomic E-state index is -0.459. The molecular weight excluding hydrogens is 400 g/mol. The zero-order valence-corrected chi connectivity index (χ0v) is 14.8. The highest BCUT2D eigenvalue weighted by molar-refractivity contribution is 14.2. The Hall–Kier alpha value is -1.51. The monoisotopic (exact) mass is 413 g/mol. The third kappa shape index (κ3) is 4.48. The van der Waals surface area contributed by atoms with Gasteiger partial charge in [0.05, 0.1) is 34.8 Å². The molecule has 0 fully saturated rings. The lowest BCUT2D eigenvalue weighted by molar-refractivity contribution is 0.624. The van der Waals surface area contributed by atoms with E-state index in [9.17, 15) is 4.39 Å². The van der Waals surface area contributed by atoms with E-state index in [2.05, 4.69) is 37.5 Å². The zero-order valence-electron chi connectivity index (χ0n) is 11.8. The van der Waals surface area contributed by atoms with Crippen molar-refractivity contribution in [2.24, 2.45) is 0 Å². The zero-order chi connectivity index (χ0) is 15.8. The lowest BCUT2D eigenvalue weighted by Crippen LogP contribution is -2.00. The third-order valence-electron chi connectivity index (χ3n) is 2.49. The first-order valence-corrected chi connectivity index (χ1v) is 9.56. The molecule has 6 heteroatoms. The summed E-state index contributed by atoms with van der Waals surface area (Å²) in [6.07, 6.45) is 1.63. The normalized spacial score (nSPS) is 8.95. The highest BCUT2D eigenvalue weighted by Gasteiger charge is 2.08. The van der Waals surface area contributed by atoms with Crippen LogP contribution in [0.15, 0.2) is 24.4 Å². The van der Waals surface area contributed by atoms with Crippen molar-refractivity contribution in [3.63, 3.8) is 0 Å². The quantitative estimate of drug-likeness (QED) is 0.507. The summed E-state index contributed by atoms with van der Waals surface area (Å²) in [4.78, 5) is 0. The smallest absolute Gasteiger partial charge is 0.126 e. The van der Waals surface area contributed by atoms with E-state index in [-0.39, 0.29) is 5.56 Å². The molecule has 0 unspecified atom stereocenters. The molecule has 1 heterocycles. The van der Waals surface area contributed by atoms with Gasteiger partial charge < -0.3 is 0 Å². The molecule has 0 bridgehead atoms. The number of hydrogen-bond acceptors (Lipinski definition) is 3. The molecule has 108 valence electrons. The van der Waals surface area contributed by atoms with Crippen molar-refractivity contribution < 1.29 is 4.39 Å². The van der Waals surface area contributed by atoms with Crippen molar-refractivity contribution in [1.82, 2.24) is 9.78 Å². The number of rotatable bonds is 1. The molecule has 2 rings (SSSR count). The number of benzene rings is 1. The number of hydrogen-bond donors (Lipinski definition) is 0. The Kier molecular flexibility index (Phi) is 7.27. The van der Waals surface area contributed by atoms with E-state index in [1.165, 1.54) is 21.1 Å². The molecule has 0 saturated heterocycles. The molecule has 2 aromatic rings. The molecule has 0 aliphatic heterocycles. The fourth-order valence-electron chi connectivity index (χ4n) is 1.63. The van der Waals surface area contributed by atoms with E-state index >= 15 is 0 Å². The van der Waals surface area contributed by atoms with E-state index in [4.69, 9.17) is 5.26 Å². The van der Waals surface area contributed by atoms with Gasteiger partial charge in [0.15, 0.2) is 0 Å². The minimum absolute atomic E-state index is 0.264. The van der Waals surface area contributed by atoms with Gasteiger partial charge in [0.1, 0.15) is 5.82 Å². The van der Waals surface area contributed by atoms with Gasteiger partial charge in [-0.15, -0.1) is 0 Å². The van der Waals surface area contributed by atoms with E-state index in [1.807, 2.05) is 26.8 Å². The number of aromatic nitrogens is 2. The lowest BCUT2D eigenvalue weighted by Gasteiger charge is -2.05. The third-order valence-corrected chi connectivity index (χ3v) is 3.33. The number of nitrogens with zero attached hydrogens (tertiary/aromatic N) is 3. The van der Waals surface area contributed by atoms with Gasteiger partial charge >= 0.3 is 0 Å². The Bertz CT molecular complexity index is 723. The summed E-state index contributed by atoms with van der Waals surface area (Å²) in [5.41, 5.74) is 2.38. The predicted octanol–water partition coefficient (Wildman–Crippen LogP) is 4.61. The molecule has 0 spiro atoms. The molecule has 0 aliphatic rings. The Morgan fingerprint density at radius 2 is 2.05 bits per heavy atom. The molecule has 3 nitrogen and oxygen atoms in total. The molecule has 1 aromatic carbocycles. The average molecular weight is 413 g/mol. The van der Waals surface area contributed by atoms with Crippen LogP contribution in [-0.4, -0.2) is 9.78 Å². The van der Waals surface area contributed by atoms with Gasteiger partial charge in [0, 0.05) is 21.2 Å². The van der Waals surface area contributed by atoms with Crippen LogP contribution in [0.2, 0.25) is 0 Å². The molecule has 1 aromatic heterocycles. The van der Waals surface area contributed by atoms with Crippen LogP contribution in [0.1, 0.15) is 30.7 Å². The molecule has 0 aliphatic carbocycles. The lowest BCUT2D eigenvalue weighted by atomic mass is 10.2. The summed E-state index contributed by atoms with van der Waals surface area (Å²) >= 11 is 2.09. The van der Waals surface area contributed by atoms with Crippen molar-refractivity contribution in [1.29, 1.82) is 5.26 Å². The SMILES string of the molecule is CC.Cc1c(C#CSI)cnn1-c1cc(F)cc(C#N)c1. The Labute approximate surface area is 140 Å². The second-order valence-corrected chi connectivity index (χ2v) is 5.35. The summed E-state index contributed by atoms with van der Waals surface area (Å²) in [7, 11) is 1.39. The second-order valence-electron chi connectivity index (χ2n) is 3.67. The molecule has 0 amide bonds. The maximum Gasteiger partial charge on any atom is 0.126 e. The van der Waals surface area contributed by atoms with Crippen LogP contribution in [0.25, 0.3) is 5.69 Å². The number of nitriles is 1. The maximum absolute atomic E-state index is 13.4. The molecule has 0 atom stereocenters. The van der Waals surface area contributed by atoms with Crippen LogP contribution in [-0.2, 0) is 0 Å².